The molecule has 0 aliphatic rings. The van der Waals surface area contributed by atoms with Crippen molar-refractivity contribution in [2.75, 3.05) is 4.72 Å². The van der Waals surface area contributed by atoms with Gasteiger partial charge in [-0.25, -0.2) is 13.4 Å². The molecule has 0 saturated heterocycles. The van der Waals surface area contributed by atoms with Crippen LogP contribution in [0.15, 0.2) is 71.1 Å². The quantitative estimate of drug-likeness (QED) is 0.558. The molecule has 2 aromatic carbocycles. The first-order chi connectivity index (χ1) is 12.0. The Morgan fingerprint density at radius 3 is 2.48 bits per heavy atom. The summed E-state index contributed by atoms with van der Waals surface area (Å²) < 4.78 is 29.9. The van der Waals surface area contributed by atoms with Gasteiger partial charge in [-0.05, 0) is 24.3 Å². The number of nitrogens with one attached hydrogen (secondary N) is 1. The van der Waals surface area contributed by atoms with Crippen molar-refractivity contribution >= 4 is 43.7 Å². The first-order valence-corrected chi connectivity index (χ1v) is 10.1. The highest BCUT2D eigenvalue weighted by molar-refractivity contribution is 7.92. The summed E-state index contributed by atoms with van der Waals surface area (Å²) in [6, 6.07) is 15.5. The van der Waals surface area contributed by atoms with Crippen molar-refractivity contribution in [2.45, 2.75) is 4.90 Å². The molecule has 5 nitrogen and oxygen atoms in total. The van der Waals surface area contributed by atoms with Crippen LogP contribution in [0.3, 0.4) is 0 Å². The molecule has 0 spiro atoms. The topological polar surface area (TPSA) is 63.5 Å². The molecule has 2 heterocycles. The molecule has 2 aromatic heterocycles. The number of halogens is 1. The van der Waals surface area contributed by atoms with Crippen LogP contribution in [0, 0.1) is 0 Å². The summed E-state index contributed by atoms with van der Waals surface area (Å²) in [5.74, 6) is 0.414. The van der Waals surface area contributed by atoms with Crippen LogP contribution in [-0.2, 0) is 10.0 Å². The molecule has 0 atom stereocenters. The van der Waals surface area contributed by atoms with Crippen LogP contribution in [0.4, 0.5) is 5.82 Å². The molecule has 0 fully saturated rings. The largest absolute Gasteiger partial charge is 0.276 e. The lowest BCUT2D eigenvalue weighted by Crippen LogP contribution is -2.14. The number of fused-ring (bicyclic) bond motifs is 1. The Bertz CT molecular complexity index is 1130. The molecule has 0 aliphatic heterocycles. The van der Waals surface area contributed by atoms with Crippen molar-refractivity contribution < 1.29 is 8.42 Å². The third-order valence-electron chi connectivity index (χ3n) is 3.66. The van der Waals surface area contributed by atoms with Crippen molar-refractivity contribution in [3.63, 3.8) is 0 Å². The zero-order valence-electron chi connectivity index (χ0n) is 12.8. The van der Waals surface area contributed by atoms with E-state index in [4.69, 9.17) is 11.6 Å². The van der Waals surface area contributed by atoms with Crippen molar-refractivity contribution in [3.05, 3.63) is 71.2 Å². The van der Waals surface area contributed by atoms with Crippen LogP contribution < -0.4 is 4.72 Å². The zero-order valence-corrected chi connectivity index (χ0v) is 15.1. The van der Waals surface area contributed by atoms with Crippen LogP contribution >= 0.6 is 22.9 Å². The van der Waals surface area contributed by atoms with E-state index in [1.54, 1.807) is 22.7 Å². The van der Waals surface area contributed by atoms with Crippen molar-refractivity contribution in [2.24, 2.45) is 0 Å². The molecule has 0 radical (unpaired) electrons. The van der Waals surface area contributed by atoms with Gasteiger partial charge in [-0.2, -0.15) is 0 Å². The molecule has 126 valence electrons. The van der Waals surface area contributed by atoms with E-state index < -0.39 is 10.0 Å². The smallest absolute Gasteiger partial charge is 0.263 e. The van der Waals surface area contributed by atoms with E-state index in [1.165, 1.54) is 23.5 Å². The minimum atomic E-state index is -3.76. The molecule has 4 rings (SSSR count). The summed E-state index contributed by atoms with van der Waals surface area (Å²) >= 11 is 7.29. The Hall–Kier alpha value is -2.35. The van der Waals surface area contributed by atoms with Crippen molar-refractivity contribution in [3.8, 4) is 11.3 Å². The normalized spacial score (nSPS) is 11.7. The maximum atomic E-state index is 12.8. The van der Waals surface area contributed by atoms with Crippen LogP contribution in [0.2, 0.25) is 5.02 Å². The number of rotatable bonds is 4. The number of anilines is 1. The van der Waals surface area contributed by atoms with Crippen molar-refractivity contribution in [1.82, 2.24) is 9.38 Å². The molecule has 4 aromatic rings. The third kappa shape index (κ3) is 3.02. The third-order valence-corrected chi connectivity index (χ3v) is 6.03. The number of thiazole rings is 1. The fourth-order valence-corrected chi connectivity index (χ4v) is 4.38. The van der Waals surface area contributed by atoms with Gasteiger partial charge < -0.3 is 0 Å². The van der Waals surface area contributed by atoms with E-state index in [0.29, 0.717) is 21.5 Å². The van der Waals surface area contributed by atoms with Gasteiger partial charge in [0.05, 0.1) is 4.90 Å². The van der Waals surface area contributed by atoms with Gasteiger partial charge >= 0.3 is 0 Å². The number of nitrogens with zero attached hydrogens (tertiary/aromatic N) is 2. The predicted molar refractivity (Wildman–Crippen MR) is 101 cm³/mol. The van der Waals surface area contributed by atoms with E-state index in [0.717, 1.165) is 5.56 Å². The minimum absolute atomic E-state index is 0.140. The Morgan fingerprint density at radius 1 is 1.04 bits per heavy atom. The minimum Gasteiger partial charge on any atom is -0.276 e. The molecule has 8 heteroatoms. The Morgan fingerprint density at radius 2 is 1.76 bits per heavy atom. The first-order valence-electron chi connectivity index (χ1n) is 7.34. The second-order valence-electron chi connectivity index (χ2n) is 5.29. The average Bonchev–Trinajstić information content (AvgIpc) is 3.19. The monoisotopic (exact) mass is 389 g/mol. The molecule has 0 aliphatic carbocycles. The second kappa shape index (κ2) is 6.18. The molecular weight excluding hydrogens is 378 g/mol. The van der Waals surface area contributed by atoms with Gasteiger partial charge in [0, 0.05) is 22.2 Å². The highest BCUT2D eigenvalue weighted by Crippen LogP contribution is 2.32. The first kappa shape index (κ1) is 16.1. The van der Waals surface area contributed by atoms with Gasteiger partial charge in [0.15, 0.2) is 10.8 Å². The lowest BCUT2D eigenvalue weighted by atomic mass is 10.1. The summed E-state index contributed by atoms with van der Waals surface area (Å²) in [5, 5.41) is 2.34. The predicted octanol–water partition coefficient (Wildman–Crippen LogP) is 4.52. The Balaban J connectivity index is 1.83. The molecule has 25 heavy (non-hydrogen) atoms. The van der Waals surface area contributed by atoms with E-state index >= 15 is 0 Å². The summed E-state index contributed by atoms with van der Waals surface area (Å²) in [4.78, 5) is 5.42. The van der Waals surface area contributed by atoms with Crippen LogP contribution in [-0.4, -0.2) is 17.8 Å². The van der Waals surface area contributed by atoms with Gasteiger partial charge in [0.25, 0.3) is 10.0 Å². The van der Waals surface area contributed by atoms with E-state index in [9.17, 15) is 8.42 Å². The lowest BCUT2D eigenvalue weighted by Gasteiger charge is -2.09. The number of benzene rings is 2. The summed E-state index contributed by atoms with van der Waals surface area (Å²) in [6.45, 7) is 0. The molecule has 1 N–H and O–H groups in total. The van der Waals surface area contributed by atoms with Crippen LogP contribution in [0.1, 0.15) is 0 Å². The van der Waals surface area contributed by atoms with Gasteiger partial charge in [0.1, 0.15) is 5.69 Å². The second-order valence-corrected chi connectivity index (χ2v) is 8.28. The summed E-state index contributed by atoms with van der Waals surface area (Å²) in [6.07, 6.45) is 1.79. The maximum absolute atomic E-state index is 12.8. The number of sulfonamides is 1. The maximum Gasteiger partial charge on any atom is 0.263 e. The number of imidazole rings is 1. The SMILES string of the molecule is O=S(=O)(Nc1c(-c2ccccc2)nc2sccn12)c1ccc(Cl)cc1. The number of hydrogen-bond acceptors (Lipinski definition) is 4. The molecular formula is C17H12ClN3O2S2. The zero-order chi connectivity index (χ0) is 17.4. The number of hydrogen-bond donors (Lipinski definition) is 1. The van der Waals surface area contributed by atoms with Gasteiger partial charge in [-0.15, -0.1) is 11.3 Å². The molecule has 0 bridgehead atoms. The van der Waals surface area contributed by atoms with E-state index in [2.05, 4.69) is 9.71 Å². The average molecular weight is 390 g/mol. The number of aromatic nitrogens is 2. The Labute approximate surface area is 153 Å². The lowest BCUT2D eigenvalue weighted by molar-refractivity contribution is 0.601. The van der Waals surface area contributed by atoms with Crippen molar-refractivity contribution in [1.29, 1.82) is 0 Å². The molecule has 0 amide bonds. The van der Waals surface area contributed by atoms with Gasteiger partial charge in [-0.1, -0.05) is 41.9 Å². The fraction of sp³-hybridized carbons (Fsp3) is 0. The Kier molecular flexibility index (Phi) is 3.99. The summed E-state index contributed by atoms with van der Waals surface area (Å²) in [5.41, 5.74) is 1.43. The highest BCUT2D eigenvalue weighted by atomic mass is 35.5. The van der Waals surface area contributed by atoms with Crippen LogP contribution in [0.25, 0.3) is 16.2 Å². The summed E-state index contributed by atoms with van der Waals surface area (Å²) in [7, 11) is -3.76. The fourth-order valence-electron chi connectivity index (χ4n) is 2.48. The van der Waals surface area contributed by atoms with Crippen LogP contribution in [0.5, 0.6) is 0 Å². The molecule has 0 saturated carbocycles. The molecule has 0 unspecified atom stereocenters. The highest BCUT2D eigenvalue weighted by Gasteiger charge is 2.21. The van der Waals surface area contributed by atoms with Gasteiger partial charge in [-0.3, -0.25) is 9.12 Å². The standard InChI is InChI=1S/C17H12ClN3O2S2/c18-13-6-8-14(9-7-13)25(22,23)20-16-15(12-4-2-1-3-5-12)19-17-21(16)10-11-24-17/h1-11,20H. The van der Waals surface area contributed by atoms with E-state index in [1.807, 2.05) is 35.7 Å². The van der Waals surface area contributed by atoms with Gasteiger partial charge in [0.2, 0.25) is 0 Å². The van der Waals surface area contributed by atoms with E-state index in [-0.39, 0.29) is 4.90 Å².